The van der Waals surface area contributed by atoms with Gasteiger partial charge in [-0.15, -0.1) is 0 Å². The van der Waals surface area contributed by atoms with E-state index in [1.165, 1.54) is 17.1 Å². The van der Waals surface area contributed by atoms with Crippen molar-refractivity contribution < 1.29 is 13.6 Å². The van der Waals surface area contributed by atoms with E-state index in [4.69, 9.17) is 0 Å². The molecule has 0 spiro atoms. The highest BCUT2D eigenvalue weighted by Crippen LogP contribution is 2.18. The van der Waals surface area contributed by atoms with Gasteiger partial charge in [0.1, 0.15) is 28.9 Å². The molecule has 0 saturated heterocycles. The van der Waals surface area contributed by atoms with Gasteiger partial charge in [-0.2, -0.15) is 10.4 Å². The third-order valence-electron chi connectivity index (χ3n) is 3.70. The molecule has 126 valence electrons. The second-order valence-corrected chi connectivity index (χ2v) is 5.26. The lowest BCUT2D eigenvalue weighted by Crippen LogP contribution is -2.32. The first-order chi connectivity index (χ1) is 11.9. The molecular weight excluding hydrogens is 332 g/mol. The topological polar surface area (TPSA) is 104 Å². The monoisotopic (exact) mass is 343 g/mol. The number of benzene rings is 1. The molecule has 1 amide bonds. The molecule has 0 aliphatic rings. The fraction of sp³-hybridized carbons (Fsp3) is 0.125. The number of hydrogen-bond acceptors (Lipinski definition) is 4. The van der Waals surface area contributed by atoms with Crippen molar-refractivity contribution in [1.82, 2.24) is 20.1 Å². The summed E-state index contributed by atoms with van der Waals surface area (Å²) < 4.78 is 28.2. The predicted molar refractivity (Wildman–Crippen MR) is 83.5 cm³/mol. The molecule has 9 heteroatoms. The molecule has 0 saturated carbocycles. The molecule has 0 bridgehead atoms. The number of nitrogens with one attached hydrogen (secondary N) is 2. The first-order valence-electron chi connectivity index (χ1n) is 7.11. The second kappa shape index (κ2) is 6.16. The van der Waals surface area contributed by atoms with Gasteiger partial charge < -0.3 is 10.3 Å². The number of hydrogen-bond donors (Lipinski definition) is 2. The first-order valence-corrected chi connectivity index (χ1v) is 7.11. The quantitative estimate of drug-likeness (QED) is 0.753. The number of carbonyl (C=O) groups excluding carboxylic acids is 1. The van der Waals surface area contributed by atoms with Crippen molar-refractivity contribution in [3.63, 3.8) is 0 Å². The SMILES string of the molecule is Cn1ncc2c(=O)c(C(=O)N[C@H](C#N)c3ccc(F)cc3F)c[nH]c21. The van der Waals surface area contributed by atoms with Gasteiger partial charge >= 0.3 is 0 Å². The zero-order valence-electron chi connectivity index (χ0n) is 12.9. The van der Waals surface area contributed by atoms with Gasteiger partial charge in [0.05, 0.1) is 17.7 Å². The maximum atomic E-state index is 13.8. The number of halogens is 2. The lowest BCUT2D eigenvalue weighted by molar-refractivity contribution is 0.0943. The lowest BCUT2D eigenvalue weighted by atomic mass is 10.1. The number of aromatic nitrogens is 3. The Morgan fingerprint density at radius 1 is 1.44 bits per heavy atom. The average molecular weight is 343 g/mol. The van der Waals surface area contributed by atoms with Crippen molar-refractivity contribution in [1.29, 1.82) is 5.26 Å². The number of rotatable bonds is 3. The molecule has 1 atom stereocenters. The van der Waals surface area contributed by atoms with Crippen LogP contribution in [0.3, 0.4) is 0 Å². The van der Waals surface area contributed by atoms with E-state index in [0.29, 0.717) is 11.7 Å². The highest BCUT2D eigenvalue weighted by molar-refractivity contribution is 5.97. The van der Waals surface area contributed by atoms with Gasteiger partial charge in [0.15, 0.2) is 0 Å². The minimum Gasteiger partial charge on any atom is -0.345 e. The summed E-state index contributed by atoms with van der Waals surface area (Å²) in [6.45, 7) is 0. The van der Waals surface area contributed by atoms with Crippen LogP contribution in [0, 0.1) is 23.0 Å². The van der Waals surface area contributed by atoms with Crippen LogP contribution in [0.15, 0.2) is 35.4 Å². The van der Waals surface area contributed by atoms with E-state index in [-0.39, 0.29) is 16.5 Å². The molecule has 0 fully saturated rings. The number of pyridine rings is 1. The van der Waals surface area contributed by atoms with Gasteiger partial charge in [0, 0.05) is 24.9 Å². The van der Waals surface area contributed by atoms with Crippen molar-refractivity contribution >= 4 is 16.9 Å². The Labute approximate surface area is 139 Å². The van der Waals surface area contributed by atoms with E-state index >= 15 is 0 Å². The van der Waals surface area contributed by atoms with Gasteiger partial charge in [-0.1, -0.05) is 6.07 Å². The zero-order chi connectivity index (χ0) is 18.1. The molecule has 1 aromatic carbocycles. The number of carbonyl (C=O) groups is 1. The zero-order valence-corrected chi connectivity index (χ0v) is 12.9. The van der Waals surface area contributed by atoms with Gasteiger partial charge in [-0.3, -0.25) is 14.3 Å². The van der Waals surface area contributed by atoms with Crippen LogP contribution >= 0.6 is 0 Å². The minimum absolute atomic E-state index is 0.198. The number of nitriles is 1. The normalized spacial score (nSPS) is 11.9. The maximum Gasteiger partial charge on any atom is 0.258 e. The number of aromatic amines is 1. The number of amides is 1. The number of nitrogens with zero attached hydrogens (tertiary/aromatic N) is 3. The Kier molecular flexibility index (Phi) is 4.02. The summed E-state index contributed by atoms with van der Waals surface area (Å²) in [4.78, 5) is 27.5. The van der Waals surface area contributed by atoms with Gasteiger partial charge in [0.25, 0.3) is 5.91 Å². The van der Waals surface area contributed by atoms with E-state index in [1.807, 2.05) is 0 Å². The van der Waals surface area contributed by atoms with Crippen molar-refractivity contribution in [3.8, 4) is 6.07 Å². The van der Waals surface area contributed by atoms with Crippen LogP contribution in [-0.4, -0.2) is 20.7 Å². The largest absolute Gasteiger partial charge is 0.345 e. The summed E-state index contributed by atoms with van der Waals surface area (Å²) >= 11 is 0. The Bertz CT molecular complexity index is 1080. The molecule has 0 aliphatic carbocycles. The fourth-order valence-corrected chi connectivity index (χ4v) is 2.42. The van der Waals surface area contributed by atoms with Crippen molar-refractivity contribution in [2.24, 2.45) is 7.05 Å². The molecule has 2 aromatic heterocycles. The summed E-state index contributed by atoms with van der Waals surface area (Å²) in [5.74, 6) is -2.63. The van der Waals surface area contributed by atoms with Crippen LogP contribution in [0.2, 0.25) is 0 Å². The molecular formula is C16H11F2N5O2. The van der Waals surface area contributed by atoms with Gasteiger partial charge in [-0.05, 0) is 6.07 Å². The Morgan fingerprint density at radius 2 is 2.20 bits per heavy atom. The molecule has 25 heavy (non-hydrogen) atoms. The summed E-state index contributed by atoms with van der Waals surface area (Å²) in [5.41, 5.74) is -0.585. The summed E-state index contributed by atoms with van der Waals surface area (Å²) in [6.07, 6.45) is 2.50. The molecule has 2 N–H and O–H groups in total. The number of H-pyrrole nitrogens is 1. The molecule has 0 aliphatic heterocycles. The standard InChI is InChI=1S/C16H11F2N5O2/c1-23-15-10(7-21-23)14(24)11(6-20-15)16(25)22-13(5-19)9-3-2-8(17)4-12(9)18/h2-4,6-7,13H,1H3,(H,20,24)(H,22,25)/t13-/m1/s1. The van der Waals surface area contributed by atoms with E-state index in [0.717, 1.165) is 12.1 Å². The highest BCUT2D eigenvalue weighted by atomic mass is 19.1. The first kappa shape index (κ1) is 16.3. The Balaban J connectivity index is 1.94. The molecule has 3 rings (SSSR count). The van der Waals surface area contributed by atoms with E-state index < -0.39 is 29.0 Å². The van der Waals surface area contributed by atoms with E-state index in [9.17, 15) is 23.6 Å². The Hall–Kier alpha value is -3.54. The lowest BCUT2D eigenvalue weighted by Gasteiger charge is -2.12. The summed E-state index contributed by atoms with van der Waals surface area (Å²) in [6, 6.07) is 2.99. The minimum atomic E-state index is -1.38. The molecule has 0 radical (unpaired) electrons. The summed E-state index contributed by atoms with van der Waals surface area (Å²) in [5, 5.41) is 15.6. The van der Waals surface area contributed by atoms with Crippen LogP contribution < -0.4 is 10.7 Å². The number of aryl methyl sites for hydroxylation is 1. The predicted octanol–water partition coefficient (Wildman–Crippen LogP) is 1.53. The van der Waals surface area contributed by atoms with Crippen molar-refractivity contribution in [3.05, 3.63) is 63.6 Å². The van der Waals surface area contributed by atoms with Crippen molar-refractivity contribution in [2.75, 3.05) is 0 Å². The van der Waals surface area contributed by atoms with Crippen molar-refractivity contribution in [2.45, 2.75) is 6.04 Å². The van der Waals surface area contributed by atoms with Crippen LogP contribution in [0.4, 0.5) is 8.78 Å². The van der Waals surface area contributed by atoms with E-state index in [1.54, 1.807) is 13.1 Å². The van der Waals surface area contributed by atoms with Crippen LogP contribution in [0.5, 0.6) is 0 Å². The highest BCUT2D eigenvalue weighted by Gasteiger charge is 2.21. The third-order valence-corrected chi connectivity index (χ3v) is 3.70. The van der Waals surface area contributed by atoms with E-state index in [2.05, 4.69) is 15.4 Å². The van der Waals surface area contributed by atoms with Crippen LogP contribution in [-0.2, 0) is 7.05 Å². The van der Waals surface area contributed by atoms with Crippen LogP contribution in [0.25, 0.3) is 11.0 Å². The molecule has 0 unspecified atom stereocenters. The smallest absolute Gasteiger partial charge is 0.258 e. The maximum absolute atomic E-state index is 13.8. The van der Waals surface area contributed by atoms with Gasteiger partial charge in [-0.25, -0.2) is 8.78 Å². The molecule has 3 aromatic rings. The average Bonchev–Trinajstić information content (AvgIpc) is 2.95. The summed E-state index contributed by atoms with van der Waals surface area (Å²) in [7, 11) is 1.63. The van der Waals surface area contributed by atoms with Gasteiger partial charge in [0.2, 0.25) is 5.43 Å². The molecule has 7 nitrogen and oxygen atoms in total. The second-order valence-electron chi connectivity index (χ2n) is 5.26. The number of fused-ring (bicyclic) bond motifs is 1. The Morgan fingerprint density at radius 3 is 2.88 bits per heavy atom. The fourth-order valence-electron chi connectivity index (χ4n) is 2.42. The van der Waals surface area contributed by atoms with Crippen LogP contribution in [0.1, 0.15) is 22.0 Å². The third kappa shape index (κ3) is 2.85. The molecule has 2 heterocycles.